The molecule has 11 heteroatoms. The lowest BCUT2D eigenvalue weighted by Crippen LogP contribution is -2.47. The normalized spacial score (nSPS) is 26.6. The van der Waals surface area contributed by atoms with E-state index in [2.05, 4.69) is 53.0 Å². The monoisotopic (exact) mass is 757 g/mol. The van der Waals surface area contributed by atoms with Gasteiger partial charge in [-0.05, 0) is 117 Å². The molecule has 1 aromatic heterocycles. The molecule has 53 heavy (non-hydrogen) atoms. The van der Waals surface area contributed by atoms with Gasteiger partial charge in [0.25, 0.3) is 5.91 Å². The van der Waals surface area contributed by atoms with E-state index in [9.17, 15) is 19.2 Å². The van der Waals surface area contributed by atoms with Gasteiger partial charge < -0.3 is 10.6 Å². The predicted molar refractivity (Wildman–Crippen MR) is 212 cm³/mol. The van der Waals surface area contributed by atoms with Crippen molar-refractivity contribution in [1.82, 2.24) is 26.5 Å². The SMILES string of the molecule is C=C1C=C2CCC3C4CCC(C(=O)NCCCNC(=O)Cc5ccccc5SSC(C)CCC(=O)NNC(=O)c5ccncc5)C4CCC3[C@@]2(C)CC1. The van der Waals surface area contributed by atoms with Crippen LogP contribution in [0.4, 0.5) is 0 Å². The number of amides is 4. The number of hydrogen-bond donors (Lipinski definition) is 4. The molecule has 7 atom stereocenters. The van der Waals surface area contributed by atoms with Crippen molar-refractivity contribution in [2.24, 2.45) is 35.0 Å². The quantitative estimate of drug-likeness (QED) is 0.0901. The molecule has 2 aromatic rings. The highest BCUT2D eigenvalue weighted by Gasteiger charge is 2.55. The number of hydrogen-bond acceptors (Lipinski definition) is 7. The fourth-order valence-electron chi connectivity index (χ4n) is 9.54. The van der Waals surface area contributed by atoms with Crippen LogP contribution in [0, 0.1) is 35.0 Å². The second-order valence-corrected chi connectivity index (χ2v) is 18.4. The van der Waals surface area contributed by atoms with E-state index in [0.717, 1.165) is 35.1 Å². The summed E-state index contributed by atoms with van der Waals surface area (Å²) in [6, 6.07) is 11.0. The first kappa shape index (κ1) is 39.1. The van der Waals surface area contributed by atoms with Gasteiger partial charge in [0, 0.05) is 53.5 Å². The molecule has 0 spiro atoms. The van der Waals surface area contributed by atoms with E-state index in [-0.39, 0.29) is 41.7 Å². The number of allylic oxidation sites excluding steroid dienone is 3. The van der Waals surface area contributed by atoms with Crippen LogP contribution in [0.5, 0.6) is 0 Å². The first-order valence-electron chi connectivity index (χ1n) is 19.5. The van der Waals surface area contributed by atoms with Crippen molar-refractivity contribution in [2.45, 2.75) is 101 Å². The van der Waals surface area contributed by atoms with Gasteiger partial charge in [-0.15, -0.1) is 0 Å². The largest absolute Gasteiger partial charge is 0.356 e. The van der Waals surface area contributed by atoms with Gasteiger partial charge in [0.2, 0.25) is 17.7 Å². The minimum atomic E-state index is -0.391. The maximum Gasteiger partial charge on any atom is 0.269 e. The lowest BCUT2D eigenvalue weighted by atomic mass is 9.49. The van der Waals surface area contributed by atoms with E-state index in [0.29, 0.717) is 48.7 Å². The van der Waals surface area contributed by atoms with E-state index in [4.69, 9.17) is 0 Å². The maximum absolute atomic E-state index is 13.4. The van der Waals surface area contributed by atoms with Crippen molar-refractivity contribution >= 4 is 45.2 Å². The molecule has 0 bridgehead atoms. The highest BCUT2D eigenvalue weighted by Crippen LogP contribution is 2.63. The van der Waals surface area contributed by atoms with Crippen LogP contribution in [-0.4, -0.2) is 47.0 Å². The summed E-state index contributed by atoms with van der Waals surface area (Å²) in [6.45, 7) is 9.93. The predicted octanol–water partition coefficient (Wildman–Crippen LogP) is 7.36. The summed E-state index contributed by atoms with van der Waals surface area (Å²) >= 11 is 0. The third kappa shape index (κ3) is 9.76. The first-order chi connectivity index (χ1) is 25.6. The Balaban J connectivity index is 0.861. The van der Waals surface area contributed by atoms with E-state index in [1.807, 2.05) is 24.3 Å². The standard InChI is InChI=1S/C42H55N5O4S2/c1-27-17-20-42(3)31(25-27)10-11-34-32-12-13-35(33(32)14-15-36(34)42)41(51)45-22-6-21-44-39(49)26-30-7-4-5-8-37(30)53-52-28(2)9-16-38(48)46-47-40(50)29-18-23-43-24-19-29/h4-5,7-8,18-19,23-25,28,32-36H,1,6,9-17,20-22,26H2,2-3H3,(H,44,49)(H,45,51)(H,46,48)(H,47,50)/t28?,32?,33?,34?,35?,36?,42-/m0/s1. The molecule has 3 saturated carbocycles. The van der Waals surface area contributed by atoms with Crippen LogP contribution in [0.1, 0.15) is 100 Å². The first-order valence-corrected chi connectivity index (χ1v) is 21.7. The van der Waals surface area contributed by atoms with Crippen molar-refractivity contribution in [1.29, 1.82) is 0 Å². The van der Waals surface area contributed by atoms with Gasteiger partial charge >= 0.3 is 0 Å². The summed E-state index contributed by atoms with van der Waals surface area (Å²) in [5.74, 6) is 2.35. The maximum atomic E-state index is 13.4. The summed E-state index contributed by atoms with van der Waals surface area (Å²) < 4.78 is 0. The number of benzene rings is 1. The molecule has 0 aliphatic heterocycles. The van der Waals surface area contributed by atoms with Gasteiger partial charge in [0.15, 0.2) is 0 Å². The van der Waals surface area contributed by atoms with Crippen molar-refractivity contribution < 1.29 is 19.2 Å². The summed E-state index contributed by atoms with van der Waals surface area (Å²) in [4.78, 5) is 55.6. The van der Waals surface area contributed by atoms with Crippen LogP contribution in [0.15, 0.2) is 77.5 Å². The lowest BCUT2D eigenvalue weighted by Gasteiger charge is -2.55. The number of rotatable bonds is 14. The van der Waals surface area contributed by atoms with Gasteiger partial charge in [0.1, 0.15) is 0 Å². The Morgan fingerprint density at radius 2 is 1.68 bits per heavy atom. The van der Waals surface area contributed by atoms with Crippen LogP contribution in [-0.2, 0) is 20.8 Å². The van der Waals surface area contributed by atoms with Crippen LogP contribution < -0.4 is 21.5 Å². The molecule has 4 aliphatic rings. The Bertz CT molecular complexity index is 1680. The van der Waals surface area contributed by atoms with Gasteiger partial charge in [-0.1, -0.05) is 77.4 Å². The molecule has 9 nitrogen and oxygen atoms in total. The zero-order valence-corrected chi connectivity index (χ0v) is 32.8. The molecule has 4 amide bonds. The Hall–Kier alpha value is -3.57. The van der Waals surface area contributed by atoms with Gasteiger partial charge in [-0.3, -0.25) is 35.0 Å². The van der Waals surface area contributed by atoms with E-state index < -0.39 is 5.91 Å². The van der Waals surface area contributed by atoms with Crippen LogP contribution in [0.3, 0.4) is 0 Å². The van der Waals surface area contributed by atoms with Gasteiger partial charge in [-0.2, -0.15) is 0 Å². The third-order valence-corrected chi connectivity index (χ3v) is 15.4. The number of pyridine rings is 1. The highest BCUT2D eigenvalue weighted by molar-refractivity contribution is 8.77. The van der Waals surface area contributed by atoms with Crippen LogP contribution in [0.25, 0.3) is 0 Å². The van der Waals surface area contributed by atoms with Crippen molar-refractivity contribution in [3.63, 3.8) is 0 Å². The molecule has 4 N–H and O–H groups in total. The minimum Gasteiger partial charge on any atom is -0.356 e. The molecule has 0 saturated heterocycles. The molecule has 3 fully saturated rings. The van der Waals surface area contributed by atoms with Gasteiger partial charge in [0.05, 0.1) is 6.42 Å². The summed E-state index contributed by atoms with van der Waals surface area (Å²) in [5, 5.41) is 6.43. The molecule has 1 heterocycles. The number of aromatic nitrogens is 1. The van der Waals surface area contributed by atoms with E-state index in [1.165, 1.54) is 56.5 Å². The Kier molecular flexibility index (Phi) is 13.4. The molecule has 6 rings (SSSR count). The molecule has 6 unspecified atom stereocenters. The zero-order chi connectivity index (χ0) is 37.4. The summed E-state index contributed by atoms with van der Waals surface area (Å²) in [5.41, 5.74) is 9.54. The minimum absolute atomic E-state index is 0.0373. The number of fused-ring (bicyclic) bond motifs is 5. The smallest absolute Gasteiger partial charge is 0.269 e. The number of hydrazine groups is 1. The third-order valence-electron chi connectivity index (χ3n) is 12.4. The number of nitrogens with one attached hydrogen (secondary N) is 4. The Labute approximate surface area is 322 Å². The fourth-order valence-corrected chi connectivity index (χ4v) is 12.0. The number of carbonyl (C=O) groups excluding carboxylic acids is 4. The van der Waals surface area contributed by atoms with E-state index in [1.54, 1.807) is 39.3 Å². The zero-order valence-electron chi connectivity index (χ0n) is 31.2. The summed E-state index contributed by atoms with van der Waals surface area (Å²) in [6.07, 6.45) is 16.8. The average Bonchev–Trinajstić information content (AvgIpc) is 3.61. The Morgan fingerprint density at radius 1 is 0.906 bits per heavy atom. The molecular weight excluding hydrogens is 703 g/mol. The van der Waals surface area contributed by atoms with Crippen LogP contribution in [0.2, 0.25) is 0 Å². The molecule has 0 radical (unpaired) electrons. The van der Waals surface area contributed by atoms with Crippen molar-refractivity contribution in [2.75, 3.05) is 13.1 Å². The molecule has 1 aromatic carbocycles. The van der Waals surface area contributed by atoms with E-state index >= 15 is 0 Å². The van der Waals surface area contributed by atoms with Crippen molar-refractivity contribution in [3.05, 3.63) is 83.7 Å². The second kappa shape index (κ2) is 18.2. The van der Waals surface area contributed by atoms with Gasteiger partial charge in [-0.25, -0.2) is 0 Å². The highest BCUT2D eigenvalue weighted by atomic mass is 33.1. The topological polar surface area (TPSA) is 129 Å². The van der Waals surface area contributed by atoms with Crippen molar-refractivity contribution in [3.8, 4) is 0 Å². The Morgan fingerprint density at radius 3 is 2.51 bits per heavy atom. The number of nitrogens with zero attached hydrogens (tertiary/aromatic N) is 1. The summed E-state index contributed by atoms with van der Waals surface area (Å²) in [7, 11) is 3.26. The molecule has 4 aliphatic carbocycles. The molecule has 284 valence electrons. The second-order valence-electron chi connectivity index (χ2n) is 15.7. The lowest BCUT2D eigenvalue weighted by molar-refractivity contribution is -0.127. The molecular formula is C42H55N5O4S2. The average molecular weight is 758 g/mol. The van der Waals surface area contributed by atoms with Crippen LogP contribution >= 0.6 is 21.6 Å². The fraction of sp³-hybridized carbons (Fsp3) is 0.548. The number of carbonyl (C=O) groups is 4.